The van der Waals surface area contributed by atoms with Gasteiger partial charge in [-0.05, 0) is 0 Å². The van der Waals surface area contributed by atoms with Gasteiger partial charge in [-0.15, -0.1) is 0 Å². The number of aromatic nitrogens is 1. The molecule has 0 saturated carbocycles. The van der Waals surface area contributed by atoms with Gasteiger partial charge in [0.2, 0.25) is 0 Å². The molecule has 1 heterocycles. The van der Waals surface area contributed by atoms with Crippen molar-refractivity contribution in [1.29, 1.82) is 0 Å². The molecule has 130 valence electrons. The van der Waals surface area contributed by atoms with E-state index < -0.39 is 5.66 Å². The molecule has 0 fully saturated rings. The Hall–Kier alpha value is -2.37. The van der Waals surface area contributed by atoms with Gasteiger partial charge in [-0.3, -0.25) is 0 Å². The number of benzene rings is 4. The van der Waals surface area contributed by atoms with Crippen LogP contribution in [0.3, 0.4) is 0 Å². The zero-order valence-corrected chi connectivity index (χ0v) is 17.3. The van der Waals surface area contributed by atoms with Gasteiger partial charge < -0.3 is 0 Å². The van der Waals surface area contributed by atoms with Gasteiger partial charge in [-0.2, -0.15) is 0 Å². The molecule has 0 N–H and O–H groups in total. The zero-order valence-electron chi connectivity index (χ0n) is 14.7. The molecular formula is C24H18NPSe. The summed E-state index contributed by atoms with van der Waals surface area (Å²) in [5.41, 5.74) is 0.575. The van der Waals surface area contributed by atoms with E-state index in [0.29, 0.717) is 0 Å². The summed E-state index contributed by atoms with van der Waals surface area (Å²) in [6, 6.07) is 39.2. The van der Waals surface area contributed by atoms with Crippen LogP contribution in [0, 0.1) is 0 Å². The molecule has 0 bridgehead atoms. The van der Waals surface area contributed by atoms with E-state index in [1.165, 1.54) is 32.4 Å². The molecule has 0 atom stereocenters. The normalized spacial score (nSPS) is 11.9. The van der Waals surface area contributed by atoms with Gasteiger partial charge in [-0.1, -0.05) is 0 Å². The van der Waals surface area contributed by atoms with E-state index in [9.17, 15) is 0 Å². The first kappa shape index (κ1) is 16.8. The van der Waals surface area contributed by atoms with Crippen LogP contribution in [0.5, 0.6) is 0 Å². The third-order valence-electron chi connectivity index (χ3n) is 5.05. The molecule has 0 aliphatic carbocycles. The van der Waals surface area contributed by atoms with E-state index in [1.807, 2.05) is 0 Å². The van der Waals surface area contributed by atoms with Gasteiger partial charge in [0, 0.05) is 0 Å². The molecule has 0 radical (unpaired) electrons. The molecule has 1 aromatic heterocycles. The van der Waals surface area contributed by atoms with Gasteiger partial charge in [0.1, 0.15) is 0 Å². The minimum absolute atomic E-state index is 1.28. The van der Waals surface area contributed by atoms with Crippen molar-refractivity contribution in [3.63, 3.8) is 0 Å². The summed E-state index contributed by atoms with van der Waals surface area (Å²) >= 11 is 3.68. The third-order valence-corrected chi connectivity index (χ3v) is 11.7. The second-order valence-electron chi connectivity index (χ2n) is 6.59. The van der Waals surface area contributed by atoms with Crippen molar-refractivity contribution in [3.8, 4) is 0 Å². The summed E-state index contributed by atoms with van der Waals surface area (Å²) < 4.78 is 2.56. The van der Waals surface area contributed by atoms with Crippen molar-refractivity contribution < 1.29 is 0 Å². The molecule has 0 aliphatic rings. The average Bonchev–Trinajstić information content (AvgIpc) is 3.09. The number of rotatable bonds is 3. The van der Waals surface area contributed by atoms with Gasteiger partial charge in [-0.25, -0.2) is 0 Å². The Morgan fingerprint density at radius 3 is 1.30 bits per heavy atom. The van der Waals surface area contributed by atoms with Crippen LogP contribution in [-0.4, -0.2) is 19.4 Å². The predicted molar refractivity (Wildman–Crippen MR) is 120 cm³/mol. The molecule has 4 aromatic carbocycles. The fraction of sp³-hybridized carbons (Fsp3) is 0. The zero-order chi connectivity index (χ0) is 18.3. The fourth-order valence-electron chi connectivity index (χ4n) is 3.85. The summed E-state index contributed by atoms with van der Waals surface area (Å²) in [5, 5.41) is 5.28. The van der Waals surface area contributed by atoms with E-state index in [4.69, 9.17) is 0 Å². The molecule has 0 saturated heterocycles. The minimum atomic E-state index is -1.98. The van der Waals surface area contributed by atoms with Crippen LogP contribution in [-0.2, 0) is 0 Å². The first-order chi connectivity index (χ1) is 13.3. The van der Waals surface area contributed by atoms with Crippen LogP contribution in [0.15, 0.2) is 109 Å². The van der Waals surface area contributed by atoms with Gasteiger partial charge in [0.05, 0.1) is 0 Å². The topological polar surface area (TPSA) is 4.93 Å². The molecular weight excluding hydrogens is 412 g/mol. The Morgan fingerprint density at radius 2 is 0.852 bits per heavy atom. The number of para-hydroxylation sites is 2. The average molecular weight is 430 g/mol. The van der Waals surface area contributed by atoms with E-state index in [2.05, 4.69) is 129 Å². The molecule has 0 unspecified atom stereocenters. The quantitative estimate of drug-likeness (QED) is 0.270. The number of nitrogens with zero attached hydrogens (tertiary/aromatic N) is 1. The Morgan fingerprint density at radius 1 is 0.481 bits per heavy atom. The van der Waals surface area contributed by atoms with E-state index >= 15 is 0 Å². The number of fused-ring (bicyclic) bond motifs is 3. The molecule has 1 nitrogen and oxygen atoms in total. The van der Waals surface area contributed by atoms with Crippen LogP contribution >= 0.6 is 5.66 Å². The van der Waals surface area contributed by atoms with Crippen LogP contribution < -0.4 is 10.6 Å². The van der Waals surface area contributed by atoms with E-state index in [-0.39, 0.29) is 0 Å². The van der Waals surface area contributed by atoms with Gasteiger partial charge >= 0.3 is 167 Å². The van der Waals surface area contributed by atoms with Gasteiger partial charge in [0.25, 0.3) is 0 Å². The van der Waals surface area contributed by atoms with Gasteiger partial charge in [0.15, 0.2) is 0 Å². The Balaban J connectivity index is 1.99. The monoisotopic (exact) mass is 431 g/mol. The molecule has 5 rings (SSSR count). The summed E-state index contributed by atoms with van der Waals surface area (Å²) in [4.78, 5) is 0. The number of hydrogen-bond acceptors (Lipinski definition) is 0. The van der Waals surface area contributed by atoms with Crippen molar-refractivity contribution >= 4 is 53.2 Å². The van der Waals surface area contributed by atoms with Crippen molar-refractivity contribution in [3.05, 3.63) is 109 Å². The summed E-state index contributed by atoms with van der Waals surface area (Å²) in [6.45, 7) is 0. The summed E-state index contributed by atoms with van der Waals surface area (Å²) in [5.74, 6) is 0. The predicted octanol–water partition coefficient (Wildman–Crippen LogP) is 5.31. The third kappa shape index (κ3) is 2.57. The SMILES string of the molecule is [Se]=P(c1ccccc1)(c1ccccc1)n1c2ccccc2c2ccccc21. The van der Waals surface area contributed by atoms with Crippen LogP contribution in [0.4, 0.5) is 0 Å². The molecule has 27 heavy (non-hydrogen) atoms. The standard InChI is InChI=1S/C24H18NPSe/c27-26(19-11-3-1-4-12-19,20-13-5-2-6-14-20)25-23-17-9-7-15-21(23)22-16-8-10-18-24(22)25/h1-18H. The van der Waals surface area contributed by atoms with Crippen molar-refractivity contribution in [2.75, 3.05) is 0 Å². The van der Waals surface area contributed by atoms with E-state index in [0.717, 1.165) is 0 Å². The van der Waals surface area contributed by atoms with E-state index in [1.54, 1.807) is 0 Å². The maximum absolute atomic E-state index is 3.68. The summed E-state index contributed by atoms with van der Waals surface area (Å²) in [7, 11) is 0. The van der Waals surface area contributed by atoms with Crippen molar-refractivity contribution in [1.82, 2.24) is 4.34 Å². The number of hydrogen-bond donors (Lipinski definition) is 0. The molecule has 0 amide bonds. The first-order valence-electron chi connectivity index (χ1n) is 9.00. The Labute approximate surface area is 166 Å². The second-order valence-corrected chi connectivity index (χ2v) is 12.5. The van der Waals surface area contributed by atoms with Crippen LogP contribution in [0.1, 0.15) is 0 Å². The molecule has 3 heteroatoms. The molecule has 0 aliphatic heterocycles. The Kier molecular flexibility index (Phi) is 4.14. The molecule has 5 aromatic rings. The maximum atomic E-state index is 3.68. The first-order valence-corrected chi connectivity index (χ1v) is 13.0. The second kappa shape index (κ2) is 6.66. The summed E-state index contributed by atoms with van der Waals surface area (Å²) in [6.07, 6.45) is 0. The molecule has 0 spiro atoms. The van der Waals surface area contributed by atoms with Crippen LogP contribution in [0.2, 0.25) is 0 Å². The van der Waals surface area contributed by atoms with Crippen molar-refractivity contribution in [2.45, 2.75) is 0 Å². The van der Waals surface area contributed by atoms with Crippen LogP contribution in [0.25, 0.3) is 21.8 Å². The Bertz CT molecular complexity index is 1190. The fourth-order valence-corrected chi connectivity index (χ4v) is 9.35. The van der Waals surface area contributed by atoms with Crippen molar-refractivity contribution in [2.24, 2.45) is 0 Å².